The Balaban J connectivity index is 2.32. The van der Waals surface area contributed by atoms with Crippen LogP contribution in [-0.2, 0) is 7.05 Å². The van der Waals surface area contributed by atoms with Crippen molar-refractivity contribution in [2.75, 3.05) is 0 Å². The van der Waals surface area contributed by atoms with Crippen molar-refractivity contribution in [3.05, 3.63) is 47.3 Å². The lowest BCUT2D eigenvalue weighted by Crippen LogP contribution is -2.17. The van der Waals surface area contributed by atoms with Crippen LogP contribution in [-0.4, -0.2) is 21.9 Å². The topological polar surface area (TPSA) is 44.1 Å². The van der Waals surface area contributed by atoms with Crippen LogP contribution in [0.4, 0.5) is 13.2 Å². The molecular weight excluding hydrogens is 273 g/mol. The molecule has 1 aromatic carbocycles. The predicted molar refractivity (Wildman–Crippen MR) is 64.5 cm³/mol. The molecule has 106 valence electrons. The van der Waals surface area contributed by atoms with Crippen molar-refractivity contribution in [3.63, 3.8) is 0 Å². The van der Waals surface area contributed by atoms with Gasteiger partial charge in [-0.25, -0.2) is 0 Å². The number of rotatable bonds is 3. The molecule has 0 N–H and O–H groups in total. The average Bonchev–Trinajstić information content (AvgIpc) is 2.67. The van der Waals surface area contributed by atoms with E-state index in [0.29, 0.717) is 11.3 Å². The van der Waals surface area contributed by atoms with Gasteiger partial charge >= 0.3 is 6.36 Å². The molecule has 1 aromatic heterocycles. The Kier molecular flexibility index (Phi) is 3.52. The van der Waals surface area contributed by atoms with Gasteiger partial charge in [0.05, 0.1) is 11.8 Å². The number of alkyl halides is 3. The van der Waals surface area contributed by atoms with Crippen LogP contribution in [0.15, 0.2) is 30.5 Å². The first-order valence-corrected chi connectivity index (χ1v) is 5.67. The van der Waals surface area contributed by atoms with Gasteiger partial charge in [0.25, 0.3) is 0 Å². The van der Waals surface area contributed by atoms with Crippen LogP contribution in [0.25, 0.3) is 0 Å². The van der Waals surface area contributed by atoms with E-state index < -0.39 is 17.9 Å². The highest BCUT2D eigenvalue weighted by Gasteiger charge is 2.31. The molecule has 2 aromatic rings. The van der Waals surface area contributed by atoms with Crippen LogP contribution >= 0.6 is 0 Å². The molecule has 0 atom stereocenters. The van der Waals surface area contributed by atoms with Gasteiger partial charge in [0.15, 0.2) is 5.78 Å². The zero-order chi connectivity index (χ0) is 14.9. The number of halogens is 3. The maximum absolute atomic E-state index is 12.2. The van der Waals surface area contributed by atoms with Crippen LogP contribution in [0.2, 0.25) is 0 Å². The average molecular weight is 284 g/mol. The van der Waals surface area contributed by atoms with Gasteiger partial charge in [0, 0.05) is 18.3 Å². The predicted octanol–water partition coefficient (Wildman–Crippen LogP) is 2.86. The fraction of sp³-hybridized carbons (Fsp3) is 0.231. The molecule has 0 unspecified atom stereocenters. The monoisotopic (exact) mass is 284 g/mol. The summed E-state index contributed by atoms with van der Waals surface area (Å²) in [4.78, 5) is 12.2. The molecule has 0 bridgehead atoms. The van der Waals surface area contributed by atoms with E-state index in [1.165, 1.54) is 23.0 Å². The lowest BCUT2D eigenvalue weighted by molar-refractivity contribution is -0.274. The molecule has 0 fully saturated rings. The molecule has 0 aliphatic heterocycles. The summed E-state index contributed by atoms with van der Waals surface area (Å²) in [6.45, 7) is 1.70. The van der Waals surface area contributed by atoms with Gasteiger partial charge in [0.2, 0.25) is 0 Å². The summed E-state index contributed by atoms with van der Waals surface area (Å²) in [5, 5.41) is 3.93. The largest absolute Gasteiger partial charge is 0.573 e. The van der Waals surface area contributed by atoms with Crippen molar-refractivity contribution in [2.45, 2.75) is 13.3 Å². The van der Waals surface area contributed by atoms with Crippen LogP contribution in [0.5, 0.6) is 5.75 Å². The van der Waals surface area contributed by atoms with E-state index in [0.717, 1.165) is 12.1 Å². The Morgan fingerprint density at radius 3 is 2.60 bits per heavy atom. The molecule has 0 amide bonds. The standard InChI is InChI=1S/C13H11F3N2O2/c1-8-11(7-17-18(8)2)12(19)9-4-3-5-10(6-9)20-13(14,15)16/h3-7H,1-2H3. The fourth-order valence-corrected chi connectivity index (χ4v) is 1.71. The van der Waals surface area contributed by atoms with Crippen molar-refractivity contribution in [2.24, 2.45) is 7.05 Å². The molecule has 2 rings (SSSR count). The summed E-state index contributed by atoms with van der Waals surface area (Å²) in [6, 6.07) is 4.96. The van der Waals surface area contributed by atoms with Crippen molar-refractivity contribution in [1.82, 2.24) is 9.78 Å². The van der Waals surface area contributed by atoms with Gasteiger partial charge in [-0.15, -0.1) is 13.2 Å². The molecule has 0 spiro atoms. The lowest BCUT2D eigenvalue weighted by Gasteiger charge is -2.09. The highest BCUT2D eigenvalue weighted by molar-refractivity contribution is 6.09. The van der Waals surface area contributed by atoms with Crippen LogP contribution in [0, 0.1) is 6.92 Å². The molecule has 0 saturated carbocycles. The number of ether oxygens (including phenoxy) is 1. The minimum atomic E-state index is -4.79. The van der Waals surface area contributed by atoms with Crippen molar-refractivity contribution in [1.29, 1.82) is 0 Å². The number of carbonyl (C=O) groups excluding carboxylic acids is 1. The van der Waals surface area contributed by atoms with Gasteiger partial charge in [-0.3, -0.25) is 9.48 Å². The quantitative estimate of drug-likeness (QED) is 0.814. The Morgan fingerprint density at radius 2 is 2.05 bits per heavy atom. The van der Waals surface area contributed by atoms with Crippen molar-refractivity contribution < 1.29 is 22.7 Å². The summed E-state index contributed by atoms with van der Waals surface area (Å²) in [5.74, 6) is -0.826. The molecule has 0 saturated heterocycles. The molecule has 4 nitrogen and oxygen atoms in total. The summed E-state index contributed by atoms with van der Waals surface area (Å²) in [5.41, 5.74) is 1.09. The molecule has 0 radical (unpaired) electrons. The van der Waals surface area contributed by atoms with E-state index in [1.54, 1.807) is 14.0 Å². The Morgan fingerprint density at radius 1 is 1.35 bits per heavy atom. The Hall–Kier alpha value is -2.31. The number of aryl methyl sites for hydroxylation is 1. The Bertz CT molecular complexity index is 647. The third kappa shape index (κ3) is 2.98. The van der Waals surface area contributed by atoms with E-state index in [2.05, 4.69) is 9.84 Å². The Labute approximate surface area is 112 Å². The SMILES string of the molecule is Cc1c(C(=O)c2cccc(OC(F)(F)F)c2)cnn1C. The third-order valence-corrected chi connectivity index (χ3v) is 2.81. The minimum absolute atomic E-state index is 0.114. The zero-order valence-electron chi connectivity index (χ0n) is 10.7. The summed E-state index contributed by atoms with van der Waals surface area (Å²) < 4.78 is 41.7. The first kappa shape index (κ1) is 14.1. The van der Waals surface area contributed by atoms with Crippen LogP contribution < -0.4 is 4.74 Å². The number of hydrogen-bond donors (Lipinski definition) is 0. The second-order valence-corrected chi connectivity index (χ2v) is 4.17. The highest BCUT2D eigenvalue weighted by atomic mass is 19.4. The fourth-order valence-electron chi connectivity index (χ4n) is 1.71. The molecule has 1 heterocycles. The van der Waals surface area contributed by atoms with Gasteiger partial charge in [-0.2, -0.15) is 5.10 Å². The van der Waals surface area contributed by atoms with E-state index in [9.17, 15) is 18.0 Å². The van der Waals surface area contributed by atoms with Crippen molar-refractivity contribution >= 4 is 5.78 Å². The highest BCUT2D eigenvalue weighted by Crippen LogP contribution is 2.24. The number of carbonyl (C=O) groups is 1. The number of nitrogens with zero attached hydrogens (tertiary/aromatic N) is 2. The van der Waals surface area contributed by atoms with Gasteiger partial charge in [-0.05, 0) is 19.1 Å². The normalized spacial score (nSPS) is 11.4. The minimum Gasteiger partial charge on any atom is -0.406 e. The molecule has 0 aliphatic carbocycles. The second-order valence-electron chi connectivity index (χ2n) is 4.17. The molecule has 0 aliphatic rings. The smallest absolute Gasteiger partial charge is 0.406 e. The lowest BCUT2D eigenvalue weighted by atomic mass is 10.0. The summed E-state index contributed by atoms with van der Waals surface area (Å²) in [7, 11) is 1.68. The maximum Gasteiger partial charge on any atom is 0.573 e. The van der Waals surface area contributed by atoms with Crippen LogP contribution in [0.1, 0.15) is 21.6 Å². The van der Waals surface area contributed by atoms with Gasteiger partial charge in [-0.1, -0.05) is 12.1 Å². The van der Waals surface area contributed by atoms with E-state index in [4.69, 9.17) is 0 Å². The van der Waals surface area contributed by atoms with E-state index >= 15 is 0 Å². The number of hydrogen-bond acceptors (Lipinski definition) is 3. The first-order chi connectivity index (χ1) is 9.28. The van der Waals surface area contributed by atoms with Crippen molar-refractivity contribution in [3.8, 4) is 5.75 Å². The van der Waals surface area contributed by atoms with E-state index in [-0.39, 0.29) is 5.56 Å². The number of aromatic nitrogens is 2. The second kappa shape index (κ2) is 4.99. The first-order valence-electron chi connectivity index (χ1n) is 5.67. The number of benzene rings is 1. The molecule has 20 heavy (non-hydrogen) atoms. The number of ketones is 1. The van der Waals surface area contributed by atoms with Gasteiger partial charge < -0.3 is 4.74 Å². The molecular formula is C13H11F3N2O2. The molecule has 7 heteroatoms. The maximum atomic E-state index is 12.2. The third-order valence-electron chi connectivity index (χ3n) is 2.81. The van der Waals surface area contributed by atoms with Gasteiger partial charge in [0.1, 0.15) is 5.75 Å². The van der Waals surface area contributed by atoms with Crippen LogP contribution in [0.3, 0.4) is 0 Å². The summed E-state index contributed by atoms with van der Waals surface area (Å²) in [6.07, 6.45) is -3.40. The van der Waals surface area contributed by atoms with E-state index in [1.807, 2.05) is 0 Å². The zero-order valence-corrected chi connectivity index (χ0v) is 10.7. The summed E-state index contributed by atoms with van der Waals surface area (Å²) >= 11 is 0.